The Hall–Kier alpha value is -2.51. The number of nitrogens with zero attached hydrogens (tertiary/aromatic N) is 3. The fourth-order valence-electron chi connectivity index (χ4n) is 2.42. The molecule has 0 aliphatic heterocycles. The van der Waals surface area contributed by atoms with E-state index in [1.54, 1.807) is 28.8 Å². The van der Waals surface area contributed by atoms with Gasteiger partial charge in [0.15, 0.2) is 4.80 Å². The first kappa shape index (κ1) is 18.3. The van der Waals surface area contributed by atoms with Gasteiger partial charge in [0, 0.05) is 27.9 Å². The van der Waals surface area contributed by atoms with E-state index < -0.39 is 11.9 Å². The highest BCUT2D eigenvalue weighted by Gasteiger charge is 2.13. The minimum atomic E-state index is -0.544. The summed E-state index contributed by atoms with van der Waals surface area (Å²) in [6.45, 7) is 2.12. The quantitative estimate of drug-likeness (QED) is 0.635. The van der Waals surface area contributed by atoms with Gasteiger partial charge in [0.2, 0.25) is 5.95 Å². The normalized spacial score (nSPS) is 11.6. The van der Waals surface area contributed by atoms with Crippen molar-refractivity contribution in [2.24, 2.45) is 4.99 Å². The van der Waals surface area contributed by atoms with Gasteiger partial charge in [0.05, 0.1) is 19.2 Å². The molecule has 0 N–H and O–H groups in total. The highest BCUT2D eigenvalue weighted by atomic mass is 35.5. The third-order valence-corrected chi connectivity index (χ3v) is 4.77. The van der Waals surface area contributed by atoms with Crippen LogP contribution in [-0.4, -0.2) is 22.6 Å². The molecule has 0 radical (unpaired) electrons. The molecule has 0 atom stereocenters. The van der Waals surface area contributed by atoms with Crippen LogP contribution in [0.2, 0.25) is 5.02 Å². The molecule has 2 heterocycles. The number of aromatic nitrogens is 2. The number of hydrogen-bond acceptors (Lipinski definition) is 4. The Morgan fingerprint density at radius 2 is 2.23 bits per heavy atom. The number of methoxy groups -OCH3 is 1. The van der Waals surface area contributed by atoms with Gasteiger partial charge in [0.25, 0.3) is 5.91 Å². The van der Waals surface area contributed by atoms with Gasteiger partial charge in [0.1, 0.15) is 5.75 Å². The SMILES string of the molecule is COc1ccc(Cl)cc1C(=O)/N=c1\sc(C)cn1Cc1cccnc1F. The Morgan fingerprint density at radius 1 is 1.42 bits per heavy atom. The molecule has 2 aromatic heterocycles. The fourth-order valence-corrected chi connectivity index (χ4v) is 3.42. The topological polar surface area (TPSA) is 56.5 Å². The Labute approximate surface area is 158 Å². The van der Waals surface area contributed by atoms with Crippen molar-refractivity contribution in [1.82, 2.24) is 9.55 Å². The molecule has 0 spiro atoms. The van der Waals surface area contributed by atoms with Crippen LogP contribution in [-0.2, 0) is 6.54 Å². The molecular formula is C18H15ClFN3O2S. The number of thiazole rings is 1. The predicted octanol–water partition coefficient (Wildman–Crippen LogP) is 3.84. The summed E-state index contributed by atoms with van der Waals surface area (Å²) in [5.74, 6) is -0.634. The molecule has 8 heteroatoms. The van der Waals surface area contributed by atoms with Crippen molar-refractivity contribution in [3.63, 3.8) is 0 Å². The van der Waals surface area contributed by atoms with Crippen molar-refractivity contribution < 1.29 is 13.9 Å². The maximum absolute atomic E-state index is 13.8. The smallest absolute Gasteiger partial charge is 0.283 e. The molecule has 1 aromatic carbocycles. The van der Waals surface area contributed by atoms with Crippen molar-refractivity contribution in [3.8, 4) is 5.75 Å². The van der Waals surface area contributed by atoms with Gasteiger partial charge < -0.3 is 9.30 Å². The van der Waals surface area contributed by atoms with E-state index in [0.29, 0.717) is 21.1 Å². The summed E-state index contributed by atoms with van der Waals surface area (Å²) >= 11 is 7.32. The van der Waals surface area contributed by atoms with Gasteiger partial charge in [-0.3, -0.25) is 4.79 Å². The highest BCUT2D eigenvalue weighted by molar-refractivity contribution is 7.09. The molecule has 3 rings (SSSR count). The molecule has 0 unspecified atom stereocenters. The molecule has 0 saturated carbocycles. The van der Waals surface area contributed by atoms with E-state index in [0.717, 1.165) is 4.88 Å². The number of halogens is 2. The largest absolute Gasteiger partial charge is 0.496 e. The van der Waals surface area contributed by atoms with Gasteiger partial charge in [-0.2, -0.15) is 9.38 Å². The van der Waals surface area contributed by atoms with Crippen LogP contribution in [0.25, 0.3) is 0 Å². The van der Waals surface area contributed by atoms with Gasteiger partial charge >= 0.3 is 0 Å². The molecule has 0 saturated heterocycles. The lowest BCUT2D eigenvalue weighted by molar-refractivity contribution is 0.0995. The zero-order valence-electron chi connectivity index (χ0n) is 14.1. The second kappa shape index (κ2) is 7.80. The van der Waals surface area contributed by atoms with E-state index in [1.807, 2.05) is 13.1 Å². The first-order valence-corrected chi connectivity index (χ1v) is 8.86. The number of hydrogen-bond donors (Lipinski definition) is 0. The fraction of sp³-hybridized carbons (Fsp3) is 0.167. The van der Waals surface area contributed by atoms with Crippen LogP contribution in [0.5, 0.6) is 5.75 Å². The lowest BCUT2D eigenvalue weighted by Crippen LogP contribution is -2.18. The molecule has 0 fully saturated rings. The average Bonchev–Trinajstić information content (AvgIpc) is 2.96. The molecule has 0 bridgehead atoms. The van der Waals surface area contributed by atoms with Crippen LogP contribution in [0.1, 0.15) is 20.8 Å². The van der Waals surface area contributed by atoms with E-state index in [4.69, 9.17) is 16.3 Å². The zero-order chi connectivity index (χ0) is 18.7. The first-order valence-electron chi connectivity index (χ1n) is 7.67. The third-order valence-electron chi connectivity index (χ3n) is 3.60. The van der Waals surface area contributed by atoms with E-state index in [2.05, 4.69) is 9.98 Å². The summed E-state index contributed by atoms with van der Waals surface area (Å²) in [5, 5.41) is 0.414. The Morgan fingerprint density at radius 3 is 2.96 bits per heavy atom. The summed E-state index contributed by atoms with van der Waals surface area (Å²) in [7, 11) is 1.47. The van der Waals surface area contributed by atoms with Gasteiger partial charge in [-0.1, -0.05) is 17.7 Å². The number of aryl methyl sites for hydroxylation is 1. The Kier molecular flexibility index (Phi) is 5.49. The number of benzene rings is 1. The standard InChI is InChI=1S/C18H15ClFN3O2S/c1-11-9-23(10-12-4-3-7-21-16(12)20)18(26-11)22-17(24)14-8-13(19)5-6-15(14)25-2/h3-9H,10H2,1-2H3/b22-18-. The second-order valence-corrected chi connectivity index (χ2v) is 7.12. The zero-order valence-corrected chi connectivity index (χ0v) is 15.6. The summed E-state index contributed by atoms with van der Waals surface area (Å²) in [5.41, 5.74) is 0.685. The molecule has 5 nitrogen and oxygen atoms in total. The predicted molar refractivity (Wildman–Crippen MR) is 98.2 cm³/mol. The molecule has 3 aromatic rings. The van der Waals surface area contributed by atoms with Gasteiger partial charge in [-0.05, 0) is 31.2 Å². The number of rotatable bonds is 4. The number of carbonyl (C=O) groups excluding carboxylic acids is 1. The summed E-state index contributed by atoms with van der Waals surface area (Å²) in [4.78, 5) is 21.9. The Bertz CT molecular complexity index is 1030. The van der Waals surface area contributed by atoms with E-state index in [1.165, 1.54) is 30.7 Å². The van der Waals surface area contributed by atoms with Gasteiger partial charge in [-0.15, -0.1) is 11.3 Å². The average molecular weight is 392 g/mol. The third kappa shape index (κ3) is 4.00. The maximum atomic E-state index is 13.8. The van der Waals surface area contributed by atoms with Crippen molar-refractivity contribution in [2.45, 2.75) is 13.5 Å². The van der Waals surface area contributed by atoms with E-state index >= 15 is 0 Å². The van der Waals surface area contributed by atoms with E-state index in [-0.39, 0.29) is 12.1 Å². The second-order valence-electron chi connectivity index (χ2n) is 5.47. The van der Waals surface area contributed by atoms with Crippen LogP contribution in [0.15, 0.2) is 47.7 Å². The molecule has 0 aliphatic carbocycles. The molecule has 1 amide bonds. The van der Waals surface area contributed by atoms with Crippen LogP contribution >= 0.6 is 22.9 Å². The summed E-state index contributed by atoms with van der Waals surface area (Å²) in [6.07, 6.45) is 3.21. The van der Waals surface area contributed by atoms with Crippen molar-refractivity contribution in [2.75, 3.05) is 7.11 Å². The number of pyridine rings is 1. The van der Waals surface area contributed by atoms with Crippen molar-refractivity contribution in [1.29, 1.82) is 0 Å². The Balaban J connectivity index is 2.01. The number of carbonyl (C=O) groups is 1. The molecule has 26 heavy (non-hydrogen) atoms. The van der Waals surface area contributed by atoms with Crippen LogP contribution in [0, 0.1) is 12.9 Å². The molecule has 0 aliphatic rings. The number of amides is 1. The molecular weight excluding hydrogens is 377 g/mol. The number of ether oxygens (including phenoxy) is 1. The van der Waals surface area contributed by atoms with Crippen molar-refractivity contribution in [3.05, 3.63) is 74.5 Å². The lowest BCUT2D eigenvalue weighted by Gasteiger charge is -2.06. The van der Waals surface area contributed by atoms with Crippen molar-refractivity contribution >= 4 is 28.8 Å². The van der Waals surface area contributed by atoms with Gasteiger partial charge in [-0.25, -0.2) is 4.98 Å². The minimum absolute atomic E-state index is 0.225. The highest BCUT2D eigenvalue weighted by Crippen LogP contribution is 2.23. The lowest BCUT2D eigenvalue weighted by atomic mass is 10.2. The van der Waals surface area contributed by atoms with Crippen LogP contribution in [0.4, 0.5) is 4.39 Å². The minimum Gasteiger partial charge on any atom is -0.496 e. The van der Waals surface area contributed by atoms with E-state index in [9.17, 15) is 9.18 Å². The van der Waals surface area contributed by atoms with Crippen LogP contribution in [0.3, 0.4) is 0 Å². The van der Waals surface area contributed by atoms with Crippen LogP contribution < -0.4 is 9.54 Å². The first-order chi connectivity index (χ1) is 12.5. The monoisotopic (exact) mass is 391 g/mol. The summed E-state index contributed by atoms with van der Waals surface area (Å²) in [6, 6.07) is 8.07. The summed E-state index contributed by atoms with van der Waals surface area (Å²) < 4.78 is 20.8. The molecule has 134 valence electrons. The maximum Gasteiger partial charge on any atom is 0.283 e.